The van der Waals surface area contributed by atoms with Crippen LogP contribution in [0.25, 0.3) is 0 Å². The van der Waals surface area contributed by atoms with E-state index in [-0.39, 0.29) is 0 Å². The van der Waals surface area contributed by atoms with E-state index >= 15 is 0 Å². The van der Waals surface area contributed by atoms with Crippen LogP contribution in [0.2, 0.25) is 0 Å². The van der Waals surface area contributed by atoms with Gasteiger partial charge in [-0.1, -0.05) is 0 Å². The summed E-state index contributed by atoms with van der Waals surface area (Å²) in [7, 11) is 0. The molecule has 0 spiro atoms. The minimum Gasteiger partial charge on any atom is -0.367 e. The topological polar surface area (TPSA) is 19.0 Å². The van der Waals surface area contributed by atoms with Crippen molar-refractivity contribution < 1.29 is 0 Å². The third-order valence-corrected chi connectivity index (χ3v) is 4.42. The van der Waals surface area contributed by atoms with Crippen LogP contribution in [-0.2, 0) is 13.0 Å². The molecule has 0 radical (unpaired) electrons. The van der Waals surface area contributed by atoms with E-state index in [1.165, 1.54) is 46.5 Å². The molecule has 19 heavy (non-hydrogen) atoms. The minimum absolute atomic E-state index is 1.03. The van der Waals surface area contributed by atoms with E-state index in [2.05, 4.69) is 55.1 Å². The second kappa shape index (κ2) is 4.76. The third kappa shape index (κ3) is 2.27. The highest BCUT2D eigenvalue weighted by Gasteiger charge is 2.16. The number of nitrogens with zero attached hydrogens (tertiary/aromatic N) is 1. The third-order valence-electron chi connectivity index (χ3n) is 4.42. The fourth-order valence-corrected chi connectivity index (χ4v) is 2.96. The van der Waals surface area contributed by atoms with Gasteiger partial charge in [0.2, 0.25) is 0 Å². The van der Waals surface area contributed by atoms with Crippen LogP contribution >= 0.6 is 0 Å². The van der Waals surface area contributed by atoms with Crippen LogP contribution in [-0.4, -0.2) is 11.5 Å². The first-order chi connectivity index (χ1) is 9.15. The van der Waals surface area contributed by atoms with Crippen molar-refractivity contribution in [3.05, 3.63) is 52.3 Å². The number of benzene rings is 1. The van der Waals surface area contributed by atoms with Crippen molar-refractivity contribution in [2.75, 3.05) is 11.4 Å². The number of anilines is 1. The van der Waals surface area contributed by atoms with Crippen LogP contribution in [0.15, 0.2) is 24.4 Å². The van der Waals surface area contributed by atoms with Gasteiger partial charge in [0.05, 0.1) is 0 Å². The van der Waals surface area contributed by atoms with Crippen molar-refractivity contribution in [2.45, 2.75) is 40.2 Å². The Morgan fingerprint density at radius 3 is 2.58 bits per heavy atom. The number of aryl methyl sites for hydroxylation is 3. The van der Waals surface area contributed by atoms with Crippen LogP contribution < -0.4 is 4.90 Å². The Kier molecular flexibility index (Phi) is 3.09. The van der Waals surface area contributed by atoms with E-state index in [4.69, 9.17) is 0 Å². The van der Waals surface area contributed by atoms with E-state index in [1.54, 1.807) is 0 Å². The molecule has 2 aromatic rings. The molecule has 0 saturated carbocycles. The number of fused-ring (bicyclic) bond motifs is 1. The lowest BCUT2D eigenvalue weighted by Crippen LogP contribution is -2.22. The summed E-state index contributed by atoms with van der Waals surface area (Å²) in [5.41, 5.74) is 8.45. The molecule has 2 heteroatoms. The first kappa shape index (κ1) is 12.3. The van der Waals surface area contributed by atoms with Crippen LogP contribution in [0.3, 0.4) is 0 Å². The molecule has 100 valence electrons. The van der Waals surface area contributed by atoms with Gasteiger partial charge in [-0.15, -0.1) is 0 Å². The molecule has 1 N–H and O–H groups in total. The van der Waals surface area contributed by atoms with Gasteiger partial charge in [-0.05, 0) is 74.1 Å². The normalized spacial score (nSPS) is 15.2. The van der Waals surface area contributed by atoms with Gasteiger partial charge in [0.15, 0.2) is 0 Å². The van der Waals surface area contributed by atoms with Gasteiger partial charge in [0.25, 0.3) is 0 Å². The molecule has 1 aromatic heterocycles. The van der Waals surface area contributed by atoms with Gasteiger partial charge >= 0.3 is 0 Å². The zero-order valence-electron chi connectivity index (χ0n) is 12.1. The molecule has 2 heterocycles. The second-order valence-corrected chi connectivity index (χ2v) is 5.71. The number of nitrogens with one attached hydrogen (secondary N) is 1. The largest absolute Gasteiger partial charge is 0.367 e. The summed E-state index contributed by atoms with van der Waals surface area (Å²) in [6.45, 7) is 8.81. The summed E-state index contributed by atoms with van der Waals surface area (Å²) in [5, 5.41) is 0. The summed E-state index contributed by atoms with van der Waals surface area (Å²) in [5.74, 6) is 0. The van der Waals surface area contributed by atoms with Crippen molar-refractivity contribution in [3.63, 3.8) is 0 Å². The fraction of sp³-hybridized carbons (Fsp3) is 0.412. The number of hydrogen-bond acceptors (Lipinski definition) is 1. The monoisotopic (exact) mass is 254 g/mol. The van der Waals surface area contributed by atoms with Crippen molar-refractivity contribution in [3.8, 4) is 0 Å². The fourth-order valence-electron chi connectivity index (χ4n) is 2.96. The van der Waals surface area contributed by atoms with E-state index in [0.717, 1.165) is 13.1 Å². The maximum atomic E-state index is 3.37. The lowest BCUT2D eigenvalue weighted by atomic mass is 10.0. The Labute approximate surface area is 115 Å². The van der Waals surface area contributed by atoms with E-state index < -0.39 is 0 Å². The lowest BCUT2D eigenvalue weighted by Gasteiger charge is -2.24. The van der Waals surface area contributed by atoms with Crippen LogP contribution in [0.1, 0.15) is 34.4 Å². The highest BCUT2D eigenvalue weighted by atomic mass is 15.1. The molecule has 0 bridgehead atoms. The predicted octanol–water partition coefficient (Wildman–Crippen LogP) is 3.89. The molecule has 0 amide bonds. The number of rotatable bonds is 1. The summed E-state index contributed by atoms with van der Waals surface area (Å²) in [6, 6.07) is 6.89. The molecular weight excluding hydrogens is 232 g/mol. The van der Waals surface area contributed by atoms with E-state index in [9.17, 15) is 0 Å². The molecule has 1 aromatic carbocycles. The molecule has 0 atom stereocenters. The minimum atomic E-state index is 1.03. The second-order valence-electron chi connectivity index (χ2n) is 5.71. The summed E-state index contributed by atoms with van der Waals surface area (Å²) < 4.78 is 0. The molecule has 3 rings (SSSR count). The zero-order valence-corrected chi connectivity index (χ0v) is 12.1. The maximum Gasteiger partial charge on any atom is 0.0447 e. The van der Waals surface area contributed by atoms with E-state index in [1.807, 2.05) is 0 Å². The Bertz CT molecular complexity index is 572. The van der Waals surface area contributed by atoms with Crippen molar-refractivity contribution in [1.29, 1.82) is 0 Å². The molecule has 0 aliphatic carbocycles. The SMILES string of the molecule is Cc1cc(N2CCCc3[nH]ccc3C2)cc(C)c1C. The van der Waals surface area contributed by atoms with Crippen molar-refractivity contribution in [2.24, 2.45) is 0 Å². The molecule has 0 fully saturated rings. The number of hydrogen-bond donors (Lipinski definition) is 1. The highest BCUT2D eigenvalue weighted by Crippen LogP contribution is 2.27. The number of aromatic nitrogens is 1. The molecule has 0 saturated heterocycles. The van der Waals surface area contributed by atoms with Gasteiger partial charge in [-0.25, -0.2) is 0 Å². The Morgan fingerprint density at radius 1 is 1.11 bits per heavy atom. The molecular formula is C17H22N2. The molecule has 0 unspecified atom stereocenters. The quantitative estimate of drug-likeness (QED) is 0.818. The van der Waals surface area contributed by atoms with Gasteiger partial charge < -0.3 is 9.88 Å². The summed E-state index contributed by atoms with van der Waals surface area (Å²) >= 11 is 0. The Balaban J connectivity index is 1.94. The Hall–Kier alpha value is -1.70. The van der Waals surface area contributed by atoms with Gasteiger partial charge in [-0.2, -0.15) is 0 Å². The van der Waals surface area contributed by atoms with Crippen LogP contribution in [0.4, 0.5) is 5.69 Å². The first-order valence-corrected chi connectivity index (χ1v) is 7.13. The predicted molar refractivity (Wildman–Crippen MR) is 80.8 cm³/mol. The smallest absolute Gasteiger partial charge is 0.0447 e. The summed E-state index contributed by atoms with van der Waals surface area (Å²) in [6.07, 6.45) is 4.46. The Morgan fingerprint density at radius 2 is 1.84 bits per heavy atom. The maximum absolute atomic E-state index is 3.37. The zero-order chi connectivity index (χ0) is 13.4. The average Bonchev–Trinajstić information content (AvgIpc) is 2.72. The standard InChI is InChI=1S/C17H22N2/c1-12-9-16(10-13(2)14(12)3)19-8-4-5-17-15(11-19)6-7-18-17/h6-7,9-10,18H,4-5,8,11H2,1-3H3. The van der Waals surface area contributed by atoms with Gasteiger partial charge in [0, 0.05) is 30.7 Å². The van der Waals surface area contributed by atoms with E-state index in [0.29, 0.717) is 0 Å². The number of H-pyrrole nitrogens is 1. The molecule has 2 nitrogen and oxygen atoms in total. The van der Waals surface area contributed by atoms with Crippen molar-refractivity contribution >= 4 is 5.69 Å². The molecule has 1 aliphatic rings. The van der Waals surface area contributed by atoms with Crippen molar-refractivity contribution in [1.82, 2.24) is 4.98 Å². The highest BCUT2D eigenvalue weighted by molar-refractivity contribution is 5.54. The van der Waals surface area contributed by atoms with Gasteiger partial charge in [0.1, 0.15) is 0 Å². The first-order valence-electron chi connectivity index (χ1n) is 7.13. The summed E-state index contributed by atoms with van der Waals surface area (Å²) in [4.78, 5) is 5.89. The van der Waals surface area contributed by atoms with Crippen LogP contribution in [0.5, 0.6) is 0 Å². The van der Waals surface area contributed by atoms with Crippen LogP contribution in [0, 0.1) is 20.8 Å². The average molecular weight is 254 g/mol. The number of aromatic amines is 1. The molecule has 1 aliphatic heterocycles. The lowest BCUT2D eigenvalue weighted by molar-refractivity contribution is 0.760. The van der Waals surface area contributed by atoms with Gasteiger partial charge in [-0.3, -0.25) is 0 Å².